The van der Waals surface area contributed by atoms with Gasteiger partial charge in [-0.2, -0.15) is 0 Å². The molecule has 0 aliphatic heterocycles. The van der Waals surface area contributed by atoms with Crippen LogP contribution in [-0.2, 0) is 6.54 Å². The molecule has 0 spiro atoms. The molecular formula is C19H16ClN3O3. The lowest BCUT2D eigenvalue weighted by atomic mass is 10.2. The van der Waals surface area contributed by atoms with Crippen molar-refractivity contribution in [2.75, 3.05) is 11.1 Å². The smallest absolute Gasteiger partial charge is 0.292 e. The van der Waals surface area contributed by atoms with E-state index in [1.165, 1.54) is 12.1 Å². The van der Waals surface area contributed by atoms with E-state index in [4.69, 9.17) is 22.1 Å². The number of ether oxygens (including phenoxy) is 1. The highest BCUT2D eigenvalue weighted by molar-refractivity contribution is 6.30. The van der Waals surface area contributed by atoms with Crippen molar-refractivity contribution in [3.8, 4) is 11.5 Å². The van der Waals surface area contributed by atoms with E-state index in [2.05, 4.69) is 5.32 Å². The van der Waals surface area contributed by atoms with Crippen LogP contribution in [0.3, 0.4) is 0 Å². The largest absolute Gasteiger partial charge is 0.457 e. The van der Waals surface area contributed by atoms with Gasteiger partial charge >= 0.3 is 0 Å². The molecule has 0 aromatic heterocycles. The lowest BCUT2D eigenvalue weighted by Gasteiger charge is -2.09. The Balaban J connectivity index is 1.65. The van der Waals surface area contributed by atoms with Crippen LogP contribution >= 0.6 is 11.6 Å². The fourth-order valence-electron chi connectivity index (χ4n) is 2.37. The molecule has 0 saturated carbocycles. The Morgan fingerprint density at radius 1 is 1.00 bits per heavy atom. The molecule has 0 heterocycles. The highest BCUT2D eigenvalue weighted by atomic mass is 35.5. The van der Waals surface area contributed by atoms with Crippen LogP contribution in [0.15, 0.2) is 66.7 Å². The topological polar surface area (TPSA) is 90.4 Å². The average Bonchev–Trinajstić information content (AvgIpc) is 2.63. The van der Waals surface area contributed by atoms with Crippen molar-refractivity contribution in [3.05, 3.63) is 87.4 Å². The quantitative estimate of drug-likeness (QED) is 0.352. The van der Waals surface area contributed by atoms with Crippen molar-refractivity contribution in [2.45, 2.75) is 6.54 Å². The molecule has 7 heteroatoms. The van der Waals surface area contributed by atoms with Crippen LogP contribution in [0.4, 0.5) is 17.1 Å². The van der Waals surface area contributed by atoms with Crippen molar-refractivity contribution >= 4 is 28.7 Å². The Hall–Kier alpha value is -3.25. The van der Waals surface area contributed by atoms with Gasteiger partial charge in [0.05, 0.1) is 4.92 Å². The number of rotatable bonds is 6. The molecule has 3 rings (SSSR count). The molecule has 0 fully saturated rings. The van der Waals surface area contributed by atoms with E-state index in [1.807, 2.05) is 24.3 Å². The van der Waals surface area contributed by atoms with Gasteiger partial charge < -0.3 is 15.8 Å². The first-order valence-electron chi connectivity index (χ1n) is 7.81. The van der Waals surface area contributed by atoms with Crippen molar-refractivity contribution < 1.29 is 9.66 Å². The summed E-state index contributed by atoms with van der Waals surface area (Å²) in [4.78, 5) is 10.6. The number of hydrogen-bond donors (Lipinski definition) is 2. The number of nitrogen functional groups attached to an aromatic ring is 1. The summed E-state index contributed by atoms with van der Waals surface area (Å²) in [6, 6.07) is 19.0. The number of benzene rings is 3. The second kappa shape index (κ2) is 7.76. The van der Waals surface area contributed by atoms with E-state index >= 15 is 0 Å². The summed E-state index contributed by atoms with van der Waals surface area (Å²) < 4.78 is 5.73. The third kappa shape index (κ3) is 4.43. The lowest BCUT2D eigenvalue weighted by molar-refractivity contribution is -0.383. The first-order chi connectivity index (χ1) is 12.5. The summed E-state index contributed by atoms with van der Waals surface area (Å²) in [5.74, 6) is 1.38. The molecule has 0 amide bonds. The lowest BCUT2D eigenvalue weighted by Crippen LogP contribution is -2.03. The Labute approximate surface area is 155 Å². The first-order valence-corrected chi connectivity index (χ1v) is 8.19. The highest BCUT2D eigenvalue weighted by Crippen LogP contribution is 2.27. The van der Waals surface area contributed by atoms with Crippen molar-refractivity contribution in [1.29, 1.82) is 0 Å². The molecule has 0 aliphatic carbocycles. The monoisotopic (exact) mass is 369 g/mol. The van der Waals surface area contributed by atoms with Gasteiger partial charge in [-0.25, -0.2) is 0 Å². The summed E-state index contributed by atoms with van der Waals surface area (Å²) in [7, 11) is 0. The summed E-state index contributed by atoms with van der Waals surface area (Å²) in [6.45, 7) is 0.422. The van der Waals surface area contributed by atoms with E-state index in [1.54, 1.807) is 30.3 Å². The normalized spacial score (nSPS) is 10.3. The summed E-state index contributed by atoms with van der Waals surface area (Å²) in [5, 5.41) is 14.8. The predicted molar refractivity (Wildman–Crippen MR) is 103 cm³/mol. The van der Waals surface area contributed by atoms with E-state index in [0.717, 1.165) is 5.56 Å². The third-order valence-electron chi connectivity index (χ3n) is 3.67. The second-order valence-corrected chi connectivity index (χ2v) is 6.02. The van der Waals surface area contributed by atoms with Gasteiger partial charge in [-0.1, -0.05) is 23.7 Å². The fourth-order valence-corrected chi connectivity index (χ4v) is 2.49. The van der Waals surface area contributed by atoms with Crippen molar-refractivity contribution in [3.63, 3.8) is 0 Å². The van der Waals surface area contributed by atoms with Gasteiger partial charge in [-0.3, -0.25) is 10.1 Å². The number of anilines is 2. The Morgan fingerprint density at radius 2 is 1.62 bits per heavy atom. The minimum Gasteiger partial charge on any atom is -0.457 e. The molecule has 26 heavy (non-hydrogen) atoms. The van der Waals surface area contributed by atoms with Gasteiger partial charge in [-0.05, 0) is 54.1 Å². The number of hydrogen-bond acceptors (Lipinski definition) is 5. The minimum atomic E-state index is -0.440. The molecule has 132 valence electrons. The number of nitro groups is 1. The van der Waals surface area contributed by atoms with Crippen LogP contribution < -0.4 is 15.8 Å². The molecule has 0 bridgehead atoms. The van der Waals surface area contributed by atoms with Crippen LogP contribution in [0.25, 0.3) is 0 Å². The zero-order valence-corrected chi connectivity index (χ0v) is 14.4. The van der Waals surface area contributed by atoms with Gasteiger partial charge in [0.25, 0.3) is 5.69 Å². The van der Waals surface area contributed by atoms with Gasteiger partial charge in [0, 0.05) is 23.3 Å². The van der Waals surface area contributed by atoms with Crippen LogP contribution in [0.1, 0.15) is 5.56 Å². The molecule has 3 N–H and O–H groups in total. The SMILES string of the molecule is Nc1ccc([N+](=O)[O-])c(NCc2ccc(Oc3ccc(Cl)cc3)cc2)c1. The van der Waals surface area contributed by atoms with E-state index in [-0.39, 0.29) is 5.69 Å². The summed E-state index contributed by atoms with van der Waals surface area (Å²) in [6.07, 6.45) is 0. The average molecular weight is 370 g/mol. The molecule has 0 aliphatic rings. The van der Waals surface area contributed by atoms with Crippen molar-refractivity contribution in [2.24, 2.45) is 0 Å². The Morgan fingerprint density at radius 3 is 2.23 bits per heavy atom. The molecule has 0 atom stereocenters. The molecule has 0 saturated heterocycles. The molecule has 0 radical (unpaired) electrons. The van der Waals surface area contributed by atoms with Crippen LogP contribution in [0.5, 0.6) is 11.5 Å². The molecular weight excluding hydrogens is 354 g/mol. The van der Waals surface area contributed by atoms with Gasteiger partial charge in [0.15, 0.2) is 0 Å². The van der Waals surface area contributed by atoms with Gasteiger partial charge in [0.1, 0.15) is 17.2 Å². The second-order valence-electron chi connectivity index (χ2n) is 5.59. The van der Waals surface area contributed by atoms with Crippen LogP contribution in [0, 0.1) is 10.1 Å². The molecule has 3 aromatic rings. The number of nitrogens with one attached hydrogen (secondary N) is 1. The minimum absolute atomic E-state index is 0.0121. The maximum absolute atomic E-state index is 11.1. The molecule has 0 unspecified atom stereocenters. The maximum Gasteiger partial charge on any atom is 0.292 e. The molecule has 6 nitrogen and oxygen atoms in total. The van der Waals surface area contributed by atoms with E-state index in [0.29, 0.717) is 34.4 Å². The maximum atomic E-state index is 11.1. The van der Waals surface area contributed by atoms with Gasteiger partial charge in [0.2, 0.25) is 0 Å². The number of nitrogens with zero attached hydrogens (tertiary/aromatic N) is 1. The van der Waals surface area contributed by atoms with E-state index in [9.17, 15) is 10.1 Å². The first kappa shape index (κ1) is 17.6. The fraction of sp³-hybridized carbons (Fsp3) is 0.0526. The summed E-state index contributed by atoms with van der Waals surface area (Å²) >= 11 is 5.85. The predicted octanol–water partition coefficient (Wildman–Crippen LogP) is 5.23. The Bertz CT molecular complexity index is 912. The van der Waals surface area contributed by atoms with Crippen LogP contribution in [0.2, 0.25) is 5.02 Å². The number of nitrogens with two attached hydrogens (primary N) is 1. The summed E-state index contributed by atoms with van der Waals surface area (Å²) in [5.41, 5.74) is 7.50. The van der Waals surface area contributed by atoms with Crippen molar-refractivity contribution in [1.82, 2.24) is 0 Å². The zero-order valence-electron chi connectivity index (χ0n) is 13.7. The van der Waals surface area contributed by atoms with E-state index < -0.39 is 4.92 Å². The number of halogens is 1. The van der Waals surface area contributed by atoms with Crippen LogP contribution in [-0.4, -0.2) is 4.92 Å². The Kier molecular flexibility index (Phi) is 5.24. The molecule has 3 aromatic carbocycles. The zero-order chi connectivity index (χ0) is 18.5. The highest BCUT2D eigenvalue weighted by Gasteiger charge is 2.13. The van der Waals surface area contributed by atoms with Gasteiger partial charge in [-0.15, -0.1) is 0 Å². The standard InChI is InChI=1S/C19H16ClN3O3/c20-14-3-8-17(9-4-14)26-16-6-1-13(2-7-16)12-22-18-11-15(21)5-10-19(18)23(24)25/h1-11,22H,12,21H2. The third-order valence-corrected chi connectivity index (χ3v) is 3.92. The number of nitro benzene ring substituents is 1.